The fourth-order valence-corrected chi connectivity index (χ4v) is 2.13. The first kappa shape index (κ1) is 15.9. The molecule has 0 aliphatic carbocycles. The number of aromatic nitrogens is 5. The molecule has 3 rings (SSSR count). The molecule has 0 aliphatic rings. The maximum Gasteiger partial charge on any atom is 0.357 e. The average molecular weight is 327 g/mol. The van der Waals surface area contributed by atoms with E-state index in [4.69, 9.17) is 4.74 Å². The van der Waals surface area contributed by atoms with Gasteiger partial charge in [0, 0.05) is 23.5 Å². The molecule has 0 saturated carbocycles. The molecule has 0 unspecified atom stereocenters. The summed E-state index contributed by atoms with van der Waals surface area (Å²) in [6, 6.07) is 3.24. The minimum Gasteiger partial charge on any atom is -0.455 e. The maximum absolute atomic E-state index is 12.1. The van der Waals surface area contributed by atoms with Gasteiger partial charge in [-0.15, -0.1) is 5.10 Å². The summed E-state index contributed by atoms with van der Waals surface area (Å²) < 4.78 is 6.74. The number of nitrogens with zero attached hydrogens (tertiary/aromatic N) is 4. The number of fused-ring (bicyclic) bond motifs is 1. The van der Waals surface area contributed by atoms with Crippen molar-refractivity contribution in [1.29, 1.82) is 0 Å². The van der Waals surface area contributed by atoms with Crippen molar-refractivity contribution < 1.29 is 9.53 Å². The Bertz CT molecular complexity index is 981. The highest BCUT2D eigenvalue weighted by Crippen LogP contribution is 2.17. The molecule has 0 aromatic carbocycles. The van der Waals surface area contributed by atoms with Crippen molar-refractivity contribution in [3.63, 3.8) is 0 Å². The van der Waals surface area contributed by atoms with Crippen LogP contribution in [0.5, 0.6) is 0 Å². The summed E-state index contributed by atoms with van der Waals surface area (Å²) in [5.41, 5.74) is 0.475. The lowest BCUT2D eigenvalue weighted by Gasteiger charge is -2.18. The van der Waals surface area contributed by atoms with Gasteiger partial charge in [0.05, 0.1) is 0 Å². The molecule has 8 nitrogen and oxygen atoms in total. The highest BCUT2D eigenvalue weighted by molar-refractivity contribution is 5.87. The smallest absolute Gasteiger partial charge is 0.357 e. The van der Waals surface area contributed by atoms with E-state index in [0.717, 1.165) is 0 Å². The zero-order chi connectivity index (χ0) is 17.5. The molecule has 0 spiro atoms. The Morgan fingerprint density at radius 1 is 1.25 bits per heavy atom. The Balaban J connectivity index is 2.02. The first-order chi connectivity index (χ1) is 11.2. The van der Waals surface area contributed by atoms with Crippen LogP contribution in [0.15, 0.2) is 29.3 Å². The van der Waals surface area contributed by atoms with Gasteiger partial charge in [0.15, 0.2) is 11.5 Å². The van der Waals surface area contributed by atoms with Gasteiger partial charge in [0.2, 0.25) is 0 Å². The van der Waals surface area contributed by atoms with Crippen molar-refractivity contribution in [2.24, 2.45) is 0 Å². The lowest BCUT2D eigenvalue weighted by Crippen LogP contribution is -2.24. The normalized spacial score (nSPS) is 11.7. The molecule has 0 atom stereocenters. The number of hydrogen-bond donors (Lipinski definition) is 1. The van der Waals surface area contributed by atoms with E-state index >= 15 is 0 Å². The Morgan fingerprint density at radius 3 is 2.71 bits per heavy atom. The Kier molecular flexibility index (Phi) is 3.67. The number of H-pyrrole nitrogens is 1. The molecule has 124 valence electrons. The van der Waals surface area contributed by atoms with Gasteiger partial charge in [-0.25, -0.2) is 14.3 Å². The molecule has 3 aromatic rings. The van der Waals surface area contributed by atoms with E-state index in [9.17, 15) is 9.59 Å². The summed E-state index contributed by atoms with van der Waals surface area (Å²) in [6.07, 6.45) is 3.12. The van der Waals surface area contributed by atoms with Crippen LogP contribution in [0.2, 0.25) is 0 Å². The summed E-state index contributed by atoms with van der Waals surface area (Å²) >= 11 is 0. The summed E-state index contributed by atoms with van der Waals surface area (Å²) in [4.78, 5) is 34.9. The molecule has 0 saturated heterocycles. The Morgan fingerprint density at radius 2 is 2.00 bits per heavy atom. The number of hydrogen-bond acceptors (Lipinski definition) is 6. The second-order valence-electron chi connectivity index (χ2n) is 6.34. The largest absolute Gasteiger partial charge is 0.455 e. The molecule has 0 bridgehead atoms. The predicted octanol–water partition coefficient (Wildman–Crippen LogP) is 1.74. The number of aromatic amines is 1. The van der Waals surface area contributed by atoms with Crippen LogP contribution < -0.4 is 5.56 Å². The fourth-order valence-electron chi connectivity index (χ4n) is 2.13. The zero-order valence-electron chi connectivity index (χ0n) is 13.8. The first-order valence-electron chi connectivity index (χ1n) is 7.40. The molecule has 3 aromatic heterocycles. The van der Waals surface area contributed by atoms with Gasteiger partial charge in [-0.2, -0.15) is 4.98 Å². The van der Waals surface area contributed by atoms with E-state index in [0.29, 0.717) is 17.0 Å². The Hall–Kier alpha value is -3.03. The maximum atomic E-state index is 12.1. The first-order valence-corrected chi connectivity index (χ1v) is 7.40. The van der Waals surface area contributed by atoms with Crippen molar-refractivity contribution in [2.75, 3.05) is 0 Å². The summed E-state index contributed by atoms with van der Waals surface area (Å²) in [5.74, 6) is 0.0994. The Labute approximate surface area is 137 Å². The minimum absolute atomic E-state index is 0.152. The number of esters is 1. The quantitative estimate of drug-likeness (QED) is 0.719. The third-order valence-electron chi connectivity index (χ3n) is 3.27. The van der Waals surface area contributed by atoms with E-state index in [1.807, 2.05) is 0 Å². The van der Waals surface area contributed by atoms with E-state index in [-0.39, 0.29) is 17.0 Å². The standard InChI is InChI=1S/C16H17N5O3/c1-9-10(5-7-17-13(9)22)12-19-15-18-11(6-8-21(15)20-12)14(23)24-16(2,3)4/h5-8H,1-4H3,(H,17,22). The van der Waals surface area contributed by atoms with Crippen LogP contribution in [0.4, 0.5) is 0 Å². The van der Waals surface area contributed by atoms with Gasteiger partial charge < -0.3 is 9.72 Å². The number of carbonyl (C=O) groups excluding carboxylic acids is 1. The highest BCUT2D eigenvalue weighted by atomic mass is 16.6. The lowest BCUT2D eigenvalue weighted by atomic mass is 10.1. The van der Waals surface area contributed by atoms with Crippen LogP contribution in [-0.4, -0.2) is 36.1 Å². The average Bonchev–Trinajstić information content (AvgIpc) is 2.91. The van der Waals surface area contributed by atoms with Crippen molar-refractivity contribution in [3.05, 3.63) is 46.1 Å². The predicted molar refractivity (Wildman–Crippen MR) is 86.7 cm³/mol. The molecule has 0 amide bonds. The van der Waals surface area contributed by atoms with Gasteiger partial charge >= 0.3 is 5.97 Å². The molecule has 24 heavy (non-hydrogen) atoms. The zero-order valence-corrected chi connectivity index (χ0v) is 13.8. The van der Waals surface area contributed by atoms with E-state index < -0.39 is 11.6 Å². The van der Waals surface area contributed by atoms with Crippen LogP contribution in [0, 0.1) is 6.92 Å². The molecule has 0 aliphatic heterocycles. The van der Waals surface area contributed by atoms with E-state index in [2.05, 4.69) is 20.1 Å². The molecule has 3 heterocycles. The van der Waals surface area contributed by atoms with Crippen LogP contribution in [0.3, 0.4) is 0 Å². The number of ether oxygens (including phenoxy) is 1. The monoisotopic (exact) mass is 327 g/mol. The second-order valence-corrected chi connectivity index (χ2v) is 6.34. The molecular formula is C16H17N5O3. The van der Waals surface area contributed by atoms with Crippen molar-refractivity contribution in [1.82, 2.24) is 24.6 Å². The summed E-state index contributed by atoms with van der Waals surface area (Å²) in [5, 5.41) is 4.30. The van der Waals surface area contributed by atoms with Crippen LogP contribution in [-0.2, 0) is 4.74 Å². The fraction of sp³-hybridized carbons (Fsp3) is 0.312. The van der Waals surface area contributed by atoms with Gasteiger partial charge in [0.25, 0.3) is 11.3 Å². The van der Waals surface area contributed by atoms with Crippen molar-refractivity contribution in [3.8, 4) is 11.4 Å². The SMILES string of the molecule is Cc1c(-c2nc3nc(C(=O)OC(C)(C)C)ccn3n2)cc[nH]c1=O. The number of carbonyl (C=O) groups is 1. The van der Waals surface area contributed by atoms with Crippen LogP contribution in [0.25, 0.3) is 17.2 Å². The lowest BCUT2D eigenvalue weighted by molar-refractivity contribution is 0.00629. The second kappa shape index (κ2) is 5.55. The van der Waals surface area contributed by atoms with E-state index in [1.54, 1.807) is 40.0 Å². The topological polar surface area (TPSA) is 102 Å². The molecule has 8 heteroatoms. The number of rotatable bonds is 2. The molecule has 0 fully saturated rings. The summed E-state index contributed by atoms with van der Waals surface area (Å²) in [7, 11) is 0. The third kappa shape index (κ3) is 3.03. The van der Waals surface area contributed by atoms with Gasteiger partial charge in [-0.3, -0.25) is 4.79 Å². The van der Waals surface area contributed by atoms with Gasteiger partial charge in [0.1, 0.15) is 5.60 Å². The minimum atomic E-state index is -0.605. The van der Waals surface area contributed by atoms with Crippen LogP contribution >= 0.6 is 0 Å². The van der Waals surface area contributed by atoms with Gasteiger partial charge in [-0.1, -0.05) is 0 Å². The van der Waals surface area contributed by atoms with Crippen LogP contribution in [0.1, 0.15) is 36.8 Å². The van der Waals surface area contributed by atoms with Crippen molar-refractivity contribution in [2.45, 2.75) is 33.3 Å². The van der Waals surface area contributed by atoms with E-state index in [1.165, 1.54) is 16.8 Å². The molecule has 0 radical (unpaired) electrons. The molecular weight excluding hydrogens is 310 g/mol. The van der Waals surface area contributed by atoms with Gasteiger partial charge in [-0.05, 0) is 39.8 Å². The van der Waals surface area contributed by atoms with Crippen molar-refractivity contribution >= 4 is 11.7 Å². The number of pyridine rings is 1. The highest BCUT2D eigenvalue weighted by Gasteiger charge is 2.20. The third-order valence-corrected chi connectivity index (χ3v) is 3.27. The number of nitrogens with one attached hydrogen (secondary N) is 1. The summed E-state index contributed by atoms with van der Waals surface area (Å²) in [6.45, 7) is 7.05. The molecule has 1 N–H and O–H groups in total.